The van der Waals surface area contributed by atoms with Gasteiger partial charge in [-0.05, 0) is 47.9 Å². The Kier molecular flexibility index (Phi) is 7.50. The Morgan fingerprint density at radius 2 is 1.68 bits per heavy atom. The summed E-state index contributed by atoms with van der Waals surface area (Å²) in [5, 5.41) is 14.9. The highest BCUT2D eigenvalue weighted by Crippen LogP contribution is 2.44. The fourth-order valence-electron chi connectivity index (χ4n) is 5.14. The topological polar surface area (TPSA) is 105 Å². The first-order valence-electron chi connectivity index (χ1n) is 12.1. The average molecular weight is 465 g/mol. The summed E-state index contributed by atoms with van der Waals surface area (Å²) >= 11 is 0. The molecule has 1 unspecified atom stereocenters. The van der Waals surface area contributed by atoms with E-state index in [0.29, 0.717) is 12.8 Å². The average Bonchev–Trinajstić information content (AvgIpc) is 3.16. The van der Waals surface area contributed by atoms with Crippen LogP contribution in [-0.4, -0.2) is 42.3 Å². The molecule has 3 N–H and O–H groups in total. The summed E-state index contributed by atoms with van der Waals surface area (Å²) in [6, 6.07) is 16.3. The van der Waals surface area contributed by atoms with E-state index in [0.717, 1.165) is 30.4 Å². The van der Waals surface area contributed by atoms with Gasteiger partial charge in [-0.2, -0.15) is 0 Å². The Morgan fingerprint density at radius 3 is 2.29 bits per heavy atom. The van der Waals surface area contributed by atoms with Gasteiger partial charge in [0.15, 0.2) is 0 Å². The van der Waals surface area contributed by atoms with Gasteiger partial charge < -0.3 is 20.5 Å². The lowest BCUT2D eigenvalue weighted by molar-refractivity contribution is -0.141. The van der Waals surface area contributed by atoms with Crippen molar-refractivity contribution in [3.8, 4) is 11.1 Å². The van der Waals surface area contributed by atoms with Crippen LogP contribution in [0.2, 0.25) is 0 Å². The minimum atomic E-state index is -0.902. The summed E-state index contributed by atoms with van der Waals surface area (Å²) in [7, 11) is 0. The van der Waals surface area contributed by atoms with Crippen LogP contribution < -0.4 is 10.6 Å². The number of amides is 2. The van der Waals surface area contributed by atoms with Crippen LogP contribution in [0.15, 0.2) is 48.5 Å². The van der Waals surface area contributed by atoms with E-state index in [1.54, 1.807) is 6.92 Å². The van der Waals surface area contributed by atoms with Crippen LogP contribution in [-0.2, 0) is 14.3 Å². The molecule has 4 rings (SSSR count). The number of carboxylic acid groups (broad SMARTS) is 1. The number of carboxylic acids is 1. The normalized spacial score (nSPS) is 20.0. The van der Waals surface area contributed by atoms with Crippen LogP contribution in [0.5, 0.6) is 0 Å². The first kappa shape index (κ1) is 23.8. The third kappa shape index (κ3) is 5.24. The molecular formula is C27H32N2O5. The summed E-state index contributed by atoms with van der Waals surface area (Å²) in [4.78, 5) is 36.3. The van der Waals surface area contributed by atoms with E-state index in [1.165, 1.54) is 11.1 Å². The number of rotatable bonds is 8. The van der Waals surface area contributed by atoms with Crippen molar-refractivity contribution in [1.29, 1.82) is 0 Å². The molecule has 2 aromatic rings. The number of nitrogens with one attached hydrogen (secondary N) is 2. The maximum atomic E-state index is 12.6. The number of carbonyl (C=O) groups is 3. The number of hydrogen-bond acceptors (Lipinski definition) is 4. The van der Waals surface area contributed by atoms with Crippen molar-refractivity contribution in [2.75, 3.05) is 13.2 Å². The van der Waals surface area contributed by atoms with Gasteiger partial charge in [0, 0.05) is 24.4 Å². The summed E-state index contributed by atoms with van der Waals surface area (Å²) < 4.78 is 5.64. The first-order valence-corrected chi connectivity index (χ1v) is 12.1. The minimum Gasteiger partial charge on any atom is -0.481 e. The second kappa shape index (κ2) is 10.7. The van der Waals surface area contributed by atoms with Crippen LogP contribution in [0.3, 0.4) is 0 Å². The summed E-state index contributed by atoms with van der Waals surface area (Å²) in [5.41, 5.74) is 4.69. The molecule has 0 radical (unpaired) electrons. The number of aliphatic carboxylic acids is 1. The molecule has 0 saturated heterocycles. The van der Waals surface area contributed by atoms with Crippen molar-refractivity contribution in [2.45, 2.75) is 51.0 Å². The van der Waals surface area contributed by atoms with Gasteiger partial charge in [0.05, 0.1) is 5.92 Å². The molecule has 2 aromatic carbocycles. The van der Waals surface area contributed by atoms with E-state index in [-0.39, 0.29) is 36.9 Å². The number of benzene rings is 2. The molecule has 0 heterocycles. The zero-order valence-corrected chi connectivity index (χ0v) is 19.5. The number of alkyl carbamates (subject to hydrolysis) is 1. The Morgan fingerprint density at radius 1 is 1.03 bits per heavy atom. The second-order valence-corrected chi connectivity index (χ2v) is 9.22. The molecule has 7 heteroatoms. The lowest BCUT2D eigenvalue weighted by Crippen LogP contribution is -2.44. The van der Waals surface area contributed by atoms with Gasteiger partial charge >= 0.3 is 12.1 Å². The summed E-state index contributed by atoms with van der Waals surface area (Å²) in [5.74, 6) is -1.86. The molecule has 0 bridgehead atoms. The third-order valence-corrected chi connectivity index (χ3v) is 7.08. The van der Waals surface area contributed by atoms with Crippen LogP contribution in [0, 0.1) is 11.8 Å². The van der Waals surface area contributed by atoms with E-state index in [9.17, 15) is 14.4 Å². The predicted molar refractivity (Wildman–Crippen MR) is 128 cm³/mol. The maximum Gasteiger partial charge on any atom is 0.407 e. The summed E-state index contributed by atoms with van der Waals surface area (Å²) in [6.45, 7) is 2.18. The van der Waals surface area contributed by atoms with Gasteiger partial charge in [-0.15, -0.1) is 0 Å². The largest absolute Gasteiger partial charge is 0.481 e. The Balaban J connectivity index is 1.29. The van der Waals surface area contributed by atoms with E-state index in [2.05, 4.69) is 34.9 Å². The number of hydrogen-bond donors (Lipinski definition) is 3. The fourth-order valence-corrected chi connectivity index (χ4v) is 5.14. The molecule has 2 aliphatic carbocycles. The quantitative estimate of drug-likeness (QED) is 0.540. The maximum absolute atomic E-state index is 12.6. The lowest BCUT2D eigenvalue weighted by atomic mass is 9.85. The van der Waals surface area contributed by atoms with E-state index >= 15 is 0 Å². The van der Waals surface area contributed by atoms with Crippen LogP contribution in [0.25, 0.3) is 11.1 Å². The van der Waals surface area contributed by atoms with Gasteiger partial charge in [0.1, 0.15) is 6.61 Å². The second-order valence-electron chi connectivity index (χ2n) is 9.22. The van der Waals surface area contributed by atoms with Crippen LogP contribution >= 0.6 is 0 Å². The SMILES string of the molecule is CCC(CNC(=O)[C@H]1CCC[C@@H](NC(=O)OCC2c3ccccc3-c3ccccc32)C1)C(=O)O. The third-order valence-electron chi connectivity index (χ3n) is 7.08. The highest BCUT2D eigenvalue weighted by atomic mass is 16.5. The molecule has 7 nitrogen and oxygen atoms in total. The van der Waals surface area contributed by atoms with E-state index in [4.69, 9.17) is 9.84 Å². The molecule has 0 spiro atoms. The van der Waals surface area contributed by atoms with Crippen molar-refractivity contribution < 1.29 is 24.2 Å². The number of carbonyl (C=O) groups excluding carboxylic acids is 2. The molecule has 2 amide bonds. The van der Waals surface area contributed by atoms with Crippen molar-refractivity contribution in [2.24, 2.45) is 11.8 Å². The van der Waals surface area contributed by atoms with Crippen LogP contribution in [0.4, 0.5) is 4.79 Å². The highest BCUT2D eigenvalue weighted by molar-refractivity contribution is 5.80. The Hall–Kier alpha value is -3.35. The number of fused-ring (bicyclic) bond motifs is 3. The lowest BCUT2D eigenvalue weighted by Gasteiger charge is -2.29. The molecule has 1 saturated carbocycles. The molecule has 1 fully saturated rings. The van der Waals surface area contributed by atoms with E-state index in [1.807, 2.05) is 24.3 Å². The van der Waals surface area contributed by atoms with Gasteiger partial charge in [0.2, 0.25) is 5.91 Å². The predicted octanol–water partition coefficient (Wildman–Crippen LogP) is 4.31. The molecule has 3 atom stereocenters. The van der Waals surface area contributed by atoms with Crippen molar-refractivity contribution >= 4 is 18.0 Å². The minimum absolute atomic E-state index is 0.00350. The Labute approximate surface area is 199 Å². The molecule has 180 valence electrons. The van der Waals surface area contributed by atoms with Crippen molar-refractivity contribution in [3.05, 3.63) is 59.7 Å². The molecule has 0 aliphatic heterocycles. The van der Waals surface area contributed by atoms with Gasteiger partial charge in [-0.3, -0.25) is 9.59 Å². The summed E-state index contributed by atoms with van der Waals surface area (Å²) in [6.07, 6.45) is 2.87. The van der Waals surface area contributed by atoms with Crippen LogP contribution in [0.1, 0.15) is 56.1 Å². The number of ether oxygens (including phenoxy) is 1. The molecule has 34 heavy (non-hydrogen) atoms. The van der Waals surface area contributed by atoms with Crippen molar-refractivity contribution in [3.63, 3.8) is 0 Å². The van der Waals surface area contributed by atoms with E-state index < -0.39 is 18.0 Å². The van der Waals surface area contributed by atoms with Gasteiger partial charge in [0.25, 0.3) is 0 Å². The first-order chi connectivity index (χ1) is 16.5. The van der Waals surface area contributed by atoms with Crippen molar-refractivity contribution in [1.82, 2.24) is 10.6 Å². The molecule has 0 aromatic heterocycles. The zero-order valence-electron chi connectivity index (χ0n) is 19.5. The zero-order chi connectivity index (χ0) is 24.1. The standard InChI is InChI=1S/C27H32N2O5/c1-2-17(26(31)32)15-28-25(30)18-8-7-9-19(14-18)29-27(33)34-16-24-22-12-5-3-10-20(22)21-11-4-6-13-23(21)24/h3-6,10-13,17-19,24H,2,7-9,14-16H2,1H3,(H,28,30)(H,29,33)(H,31,32)/t17?,18-,19+/m0/s1. The smallest absolute Gasteiger partial charge is 0.407 e. The monoisotopic (exact) mass is 464 g/mol. The molecular weight excluding hydrogens is 432 g/mol. The highest BCUT2D eigenvalue weighted by Gasteiger charge is 2.31. The van der Waals surface area contributed by atoms with Gasteiger partial charge in [-0.25, -0.2) is 4.79 Å². The Bertz CT molecular complexity index is 1010. The fraction of sp³-hybridized carbons (Fsp3) is 0.444. The van der Waals surface area contributed by atoms with Gasteiger partial charge in [-0.1, -0.05) is 61.9 Å². The molecule has 2 aliphatic rings.